The Hall–Kier alpha value is -4.85. The molecular formula is C46H60FN5O7. The molecule has 2 saturated heterocycles. The lowest BCUT2D eigenvalue weighted by molar-refractivity contribution is -0.145. The van der Waals surface area contributed by atoms with Crippen molar-refractivity contribution in [3.05, 3.63) is 101 Å². The summed E-state index contributed by atoms with van der Waals surface area (Å²) >= 11 is 0. The van der Waals surface area contributed by atoms with Crippen LogP contribution in [0.25, 0.3) is 0 Å². The largest absolute Gasteiger partial charge is 0.461 e. The van der Waals surface area contributed by atoms with Crippen molar-refractivity contribution >= 4 is 29.6 Å². The predicted molar refractivity (Wildman–Crippen MR) is 223 cm³/mol. The van der Waals surface area contributed by atoms with Gasteiger partial charge in [0.05, 0.1) is 25.2 Å². The van der Waals surface area contributed by atoms with Gasteiger partial charge in [-0.3, -0.25) is 24.2 Å². The number of morpholine rings is 1. The lowest BCUT2D eigenvalue weighted by atomic mass is 9.83. The third kappa shape index (κ3) is 11.3. The van der Waals surface area contributed by atoms with E-state index in [4.69, 9.17) is 14.2 Å². The van der Waals surface area contributed by atoms with Crippen molar-refractivity contribution in [2.45, 2.75) is 96.6 Å². The summed E-state index contributed by atoms with van der Waals surface area (Å²) in [6.07, 6.45) is 0.701. The first kappa shape index (κ1) is 43.7. The third-order valence-corrected chi connectivity index (χ3v) is 11.5. The van der Waals surface area contributed by atoms with Crippen LogP contribution in [-0.4, -0.2) is 121 Å². The summed E-state index contributed by atoms with van der Waals surface area (Å²) in [6.45, 7) is 15.7. The number of hydrogen-bond donors (Lipinski definition) is 1. The number of halogens is 1. The van der Waals surface area contributed by atoms with Crippen molar-refractivity contribution in [3.8, 4) is 0 Å². The number of hydrogen-bond acceptors (Lipinski definition) is 9. The minimum Gasteiger partial charge on any atom is -0.461 e. The summed E-state index contributed by atoms with van der Waals surface area (Å²) in [5.74, 6) is -1.04. The molecule has 59 heavy (non-hydrogen) atoms. The normalized spacial score (nSPS) is 22.5. The molecule has 12 nitrogen and oxygen atoms in total. The van der Waals surface area contributed by atoms with Crippen molar-refractivity contribution in [2.24, 2.45) is 0 Å². The molecule has 3 aromatic rings. The fraction of sp³-hybridized carbons (Fsp3) is 0.522. The van der Waals surface area contributed by atoms with Crippen molar-refractivity contribution in [1.82, 2.24) is 20.0 Å². The lowest BCUT2D eigenvalue weighted by Gasteiger charge is -2.47. The summed E-state index contributed by atoms with van der Waals surface area (Å²) in [6, 6.07) is 21.5. The molecule has 4 atom stereocenters. The zero-order chi connectivity index (χ0) is 42.3. The van der Waals surface area contributed by atoms with Gasteiger partial charge in [0, 0.05) is 69.5 Å². The van der Waals surface area contributed by atoms with Crippen LogP contribution in [0.4, 0.5) is 14.9 Å². The highest BCUT2D eigenvalue weighted by molar-refractivity contribution is 6.03. The molecule has 3 aliphatic heterocycles. The van der Waals surface area contributed by atoms with Crippen LogP contribution in [0.1, 0.15) is 76.6 Å². The Kier molecular flexibility index (Phi) is 14.1. The van der Waals surface area contributed by atoms with E-state index in [-0.39, 0.29) is 80.5 Å². The van der Waals surface area contributed by atoms with Gasteiger partial charge in [0.1, 0.15) is 18.0 Å². The summed E-state index contributed by atoms with van der Waals surface area (Å²) in [5.41, 5.74) is 2.42. The lowest BCUT2D eigenvalue weighted by Crippen LogP contribution is -2.64. The topological polar surface area (TPSA) is 121 Å². The Labute approximate surface area is 347 Å². The second-order valence-electron chi connectivity index (χ2n) is 17.5. The van der Waals surface area contributed by atoms with Gasteiger partial charge in [0.15, 0.2) is 0 Å². The molecule has 3 aliphatic rings. The second-order valence-corrected chi connectivity index (χ2v) is 17.5. The molecule has 0 saturated carbocycles. The number of carbonyl (C=O) groups excluding carboxylic acids is 4. The molecule has 3 heterocycles. The van der Waals surface area contributed by atoms with E-state index in [0.29, 0.717) is 51.4 Å². The van der Waals surface area contributed by atoms with Crippen molar-refractivity contribution in [1.29, 1.82) is 0 Å². The maximum atomic E-state index is 14.7. The Bertz CT molecular complexity index is 1940. The van der Waals surface area contributed by atoms with E-state index < -0.39 is 11.0 Å². The van der Waals surface area contributed by atoms with E-state index >= 15 is 0 Å². The number of amides is 3. The van der Waals surface area contributed by atoms with Gasteiger partial charge in [0.25, 0.3) is 0 Å². The molecule has 0 aliphatic carbocycles. The SMILES string of the molecule is C[C@@H]1COCCN1C[C@H]1CN(C(=O)OC(C)(C)C)[C@H](C)CN1CC(=O)N1C[C@@](C)(C(=O)NCCCC(=O)OCc2ccccc2)c2ccc(Cc3ccc(F)cc3)cc21. The summed E-state index contributed by atoms with van der Waals surface area (Å²) < 4.78 is 30.7. The number of ether oxygens (including phenoxy) is 3. The van der Waals surface area contributed by atoms with Gasteiger partial charge in [-0.05, 0) is 94.8 Å². The molecule has 0 bridgehead atoms. The van der Waals surface area contributed by atoms with Gasteiger partial charge < -0.3 is 29.3 Å². The van der Waals surface area contributed by atoms with Crippen LogP contribution < -0.4 is 10.2 Å². The Balaban J connectivity index is 1.19. The van der Waals surface area contributed by atoms with E-state index in [1.807, 2.05) is 83.1 Å². The molecule has 3 aromatic carbocycles. The number of fused-ring (bicyclic) bond motifs is 1. The number of rotatable bonds is 13. The van der Waals surface area contributed by atoms with E-state index in [9.17, 15) is 23.6 Å². The number of carbonyl (C=O) groups is 4. The first-order chi connectivity index (χ1) is 28.1. The molecule has 0 unspecified atom stereocenters. The Morgan fingerprint density at radius 2 is 1.64 bits per heavy atom. The summed E-state index contributed by atoms with van der Waals surface area (Å²) in [5, 5.41) is 3.03. The average Bonchev–Trinajstić information content (AvgIpc) is 3.50. The Morgan fingerprint density at radius 3 is 2.36 bits per heavy atom. The number of benzene rings is 3. The summed E-state index contributed by atoms with van der Waals surface area (Å²) in [7, 11) is 0. The molecule has 6 rings (SSSR count). The fourth-order valence-electron chi connectivity index (χ4n) is 8.17. The maximum absolute atomic E-state index is 14.7. The van der Waals surface area contributed by atoms with Crippen LogP contribution >= 0.6 is 0 Å². The van der Waals surface area contributed by atoms with Crippen LogP contribution in [0.15, 0.2) is 72.8 Å². The molecule has 13 heteroatoms. The van der Waals surface area contributed by atoms with E-state index in [2.05, 4.69) is 22.0 Å². The first-order valence-electron chi connectivity index (χ1n) is 20.8. The average molecular weight is 814 g/mol. The predicted octanol–water partition coefficient (Wildman–Crippen LogP) is 5.69. The number of esters is 1. The molecule has 1 N–H and O–H groups in total. The molecular weight excluding hydrogens is 754 g/mol. The third-order valence-electron chi connectivity index (χ3n) is 11.5. The smallest absolute Gasteiger partial charge is 0.410 e. The van der Waals surface area contributed by atoms with Gasteiger partial charge in [-0.2, -0.15) is 0 Å². The maximum Gasteiger partial charge on any atom is 0.410 e. The molecule has 318 valence electrons. The zero-order valence-corrected chi connectivity index (χ0v) is 35.4. The highest BCUT2D eigenvalue weighted by Crippen LogP contribution is 2.42. The number of anilines is 1. The monoisotopic (exact) mass is 813 g/mol. The molecule has 0 radical (unpaired) electrons. The van der Waals surface area contributed by atoms with E-state index in [1.54, 1.807) is 21.9 Å². The molecule has 0 aromatic heterocycles. The summed E-state index contributed by atoms with van der Waals surface area (Å²) in [4.78, 5) is 62.7. The quantitative estimate of drug-likeness (QED) is 0.172. The Morgan fingerprint density at radius 1 is 0.915 bits per heavy atom. The van der Waals surface area contributed by atoms with Crippen molar-refractivity contribution in [2.75, 3.05) is 63.9 Å². The van der Waals surface area contributed by atoms with Gasteiger partial charge in [0.2, 0.25) is 11.8 Å². The van der Waals surface area contributed by atoms with E-state index in [1.165, 1.54) is 12.1 Å². The fourth-order valence-corrected chi connectivity index (χ4v) is 8.17. The minimum absolute atomic E-state index is 0.0836. The zero-order valence-electron chi connectivity index (χ0n) is 35.4. The number of piperazine rings is 1. The van der Waals surface area contributed by atoms with Crippen LogP contribution in [0.2, 0.25) is 0 Å². The van der Waals surface area contributed by atoms with Crippen LogP contribution in [0.5, 0.6) is 0 Å². The molecule has 2 fully saturated rings. The minimum atomic E-state index is -1.07. The van der Waals surface area contributed by atoms with Gasteiger partial charge in [-0.25, -0.2) is 9.18 Å². The standard InChI is InChI=1S/C46H60FN5O7/c1-32-25-50(38(26-49-21-22-57-29-33(49)2)27-51(32)44(56)59-45(3,4)5)28-41(53)52-31-46(6,39-19-16-36(24-40(39)52)23-34-14-17-37(47)18-15-34)43(55)48-20-10-13-42(54)58-30-35-11-8-7-9-12-35/h7-9,11-12,14-19,24,32-33,38H,10,13,20-23,25-31H2,1-6H3,(H,48,55)/t32-,33-,38+,46-/m1/s1. The molecule has 0 spiro atoms. The highest BCUT2D eigenvalue weighted by atomic mass is 19.1. The highest BCUT2D eigenvalue weighted by Gasteiger charge is 2.47. The van der Waals surface area contributed by atoms with Crippen LogP contribution in [0.3, 0.4) is 0 Å². The van der Waals surface area contributed by atoms with Gasteiger partial charge in [-0.1, -0.05) is 54.6 Å². The van der Waals surface area contributed by atoms with Crippen molar-refractivity contribution in [3.63, 3.8) is 0 Å². The van der Waals surface area contributed by atoms with E-state index in [0.717, 1.165) is 28.8 Å². The number of nitrogens with zero attached hydrogens (tertiary/aromatic N) is 4. The second kappa shape index (κ2) is 19.0. The number of nitrogens with one attached hydrogen (secondary N) is 1. The van der Waals surface area contributed by atoms with Crippen LogP contribution in [0, 0.1) is 5.82 Å². The molecule has 3 amide bonds. The first-order valence-corrected chi connectivity index (χ1v) is 20.8. The van der Waals surface area contributed by atoms with Gasteiger partial charge in [-0.15, -0.1) is 0 Å². The van der Waals surface area contributed by atoms with Gasteiger partial charge >= 0.3 is 12.1 Å². The van der Waals surface area contributed by atoms with Crippen LogP contribution in [-0.2, 0) is 47.0 Å². The van der Waals surface area contributed by atoms with Crippen molar-refractivity contribution < 1.29 is 37.8 Å².